The molecule has 0 amide bonds. The highest BCUT2D eigenvalue weighted by Crippen LogP contribution is 2.17. The second-order valence-corrected chi connectivity index (χ2v) is 2.97. The van der Waals surface area contributed by atoms with Gasteiger partial charge in [-0.1, -0.05) is 6.07 Å². The molecular weight excluding hydrogens is 164 g/mol. The Morgan fingerprint density at radius 2 is 2.00 bits per heavy atom. The van der Waals surface area contributed by atoms with Crippen LogP contribution in [0.2, 0.25) is 0 Å². The maximum atomic E-state index is 8.74. The average Bonchev–Trinajstić information content (AvgIpc) is 1.88. The lowest BCUT2D eigenvalue weighted by Gasteiger charge is -2.00. The van der Waals surface area contributed by atoms with Gasteiger partial charge in [0.15, 0.2) is 0 Å². The zero-order valence-corrected chi connectivity index (χ0v) is 7.07. The average molecular weight is 172 g/mol. The van der Waals surface area contributed by atoms with Crippen molar-refractivity contribution in [2.45, 2.75) is 16.4 Å². The Bertz CT molecular complexity index is 235. The highest BCUT2D eigenvalue weighted by Gasteiger charge is 1.95. The van der Waals surface area contributed by atoms with Gasteiger partial charge in [-0.05, 0) is 17.7 Å². The highest BCUT2D eigenvalue weighted by molar-refractivity contribution is 7.81. The van der Waals surface area contributed by atoms with E-state index in [1.807, 2.05) is 12.1 Å². The third-order valence-corrected chi connectivity index (χ3v) is 1.93. The van der Waals surface area contributed by atoms with E-state index in [4.69, 9.17) is 5.11 Å². The molecule has 0 aliphatic carbocycles. The first-order valence-electron chi connectivity index (χ1n) is 2.86. The van der Waals surface area contributed by atoms with Crippen LogP contribution in [0, 0.1) is 0 Å². The van der Waals surface area contributed by atoms with Crippen LogP contribution in [-0.2, 0) is 6.61 Å². The lowest BCUT2D eigenvalue weighted by molar-refractivity contribution is 0.279. The number of benzene rings is 1. The fraction of sp³-hybridized carbons (Fsp3) is 0.143. The van der Waals surface area contributed by atoms with Crippen LogP contribution in [0.3, 0.4) is 0 Å². The van der Waals surface area contributed by atoms with E-state index in [-0.39, 0.29) is 6.61 Å². The first-order chi connectivity index (χ1) is 4.74. The lowest BCUT2D eigenvalue weighted by Crippen LogP contribution is -1.84. The fourth-order valence-corrected chi connectivity index (χ4v) is 1.28. The molecule has 1 rings (SSSR count). The van der Waals surface area contributed by atoms with E-state index in [2.05, 4.69) is 25.3 Å². The van der Waals surface area contributed by atoms with Crippen molar-refractivity contribution < 1.29 is 5.11 Å². The summed E-state index contributed by atoms with van der Waals surface area (Å²) in [5.41, 5.74) is 0.834. The Labute approximate surface area is 70.9 Å². The van der Waals surface area contributed by atoms with Crippen LogP contribution in [0.25, 0.3) is 0 Å². The van der Waals surface area contributed by atoms with Crippen LogP contribution in [0.5, 0.6) is 0 Å². The van der Waals surface area contributed by atoms with E-state index in [0.717, 1.165) is 15.4 Å². The molecule has 0 spiro atoms. The summed E-state index contributed by atoms with van der Waals surface area (Å²) in [4.78, 5) is 1.65. The van der Waals surface area contributed by atoms with Crippen molar-refractivity contribution in [3.8, 4) is 0 Å². The van der Waals surface area contributed by atoms with E-state index < -0.39 is 0 Å². The molecule has 0 fully saturated rings. The number of aliphatic hydroxyl groups is 1. The molecule has 54 valence electrons. The van der Waals surface area contributed by atoms with Gasteiger partial charge in [-0.15, -0.1) is 25.3 Å². The van der Waals surface area contributed by atoms with Gasteiger partial charge >= 0.3 is 0 Å². The minimum atomic E-state index is 0.0346. The second kappa shape index (κ2) is 3.32. The van der Waals surface area contributed by atoms with Gasteiger partial charge in [0.2, 0.25) is 0 Å². The Morgan fingerprint density at radius 3 is 2.50 bits per heavy atom. The van der Waals surface area contributed by atoms with Crippen molar-refractivity contribution in [2.75, 3.05) is 0 Å². The van der Waals surface area contributed by atoms with Gasteiger partial charge in [0, 0.05) is 9.79 Å². The summed E-state index contributed by atoms with van der Waals surface area (Å²) in [6, 6.07) is 5.44. The molecule has 0 bridgehead atoms. The van der Waals surface area contributed by atoms with Gasteiger partial charge < -0.3 is 5.11 Å². The smallest absolute Gasteiger partial charge is 0.0692 e. The number of hydrogen-bond donors (Lipinski definition) is 3. The van der Waals surface area contributed by atoms with Crippen molar-refractivity contribution >= 4 is 25.3 Å². The quantitative estimate of drug-likeness (QED) is 0.551. The number of rotatable bonds is 1. The topological polar surface area (TPSA) is 20.2 Å². The predicted molar refractivity (Wildman–Crippen MR) is 46.9 cm³/mol. The molecule has 1 aromatic carbocycles. The van der Waals surface area contributed by atoms with Crippen molar-refractivity contribution in [3.05, 3.63) is 23.8 Å². The van der Waals surface area contributed by atoms with Crippen molar-refractivity contribution in [1.29, 1.82) is 0 Å². The van der Waals surface area contributed by atoms with Crippen LogP contribution in [0.1, 0.15) is 5.56 Å². The molecule has 0 radical (unpaired) electrons. The number of hydrogen-bond acceptors (Lipinski definition) is 3. The first-order valence-corrected chi connectivity index (χ1v) is 3.75. The molecule has 0 saturated carbocycles. The molecule has 0 aromatic heterocycles. The summed E-state index contributed by atoms with van der Waals surface area (Å²) in [7, 11) is 0. The number of aliphatic hydroxyl groups excluding tert-OH is 1. The minimum Gasteiger partial charge on any atom is -0.392 e. The fourth-order valence-electron chi connectivity index (χ4n) is 0.686. The van der Waals surface area contributed by atoms with Gasteiger partial charge in [0.25, 0.3) is 0 Å². The molecule has 3 heteroatoms. The molecule has 10 heavy (non-hydrogen) atoms. The molecule has 0 heterocycles. The van der Waals surface area contributed by atoms with E-state index in [9.17, 15) is 0 Å². The predicted octanol–water partition coefficient (Wildman–Crippen LogP) is 1.76. The third-order valence-electron chi connectivity index (χ3n) is 1.24. The summed E-state index contributed by atoms with van der Waals surface area (Å²) in [6.07, 6.45) is 0. The van der Waals surface area contributed by atoms with E-state index in [1.54, 1.807) is 6.07 Å². The highest BCUT2D eigenvalue weighted by atomic mass is 32.1. The van der Waals surface area contributed by atoms with Crippen LogP contribution in [-0.4, -0.2) is 5.11 Å². The maximum Gasteiger partial charge on any atom is 0.0692 e. The van der Waals surface area contributed by atoms with Gasteiger partial charge in [-0.3, -0.25) is 0 Å². The lowest BCUT2D eigenvalue weighted by atomic mass is 10.2. The minimum absolute atomic E-state index is 0.0346. The monoisotopic (exact) mass is 172 g/mol. The van der Waals surface area contributed by atoms with Gasteiger partial charge in [-0.25, -0.2) is 0 Å². The summed E-state index contributed by atoms with van der Waals surface area (Å²) in [5.74, 6) is 0. The summed E-state index contributed by atoms with van der Waals surface area (Å²) < 4.78 is 0. The van der Waals surface area contributed by atoms with Crippen molar-refractivity contribution in [3.63, 3.8) is 0 Å². The van der Waals surface area contributed by atoms with Crippen molar-refractivity contribution in [1.82, 2.24) is 0 Å². The molecule has 0 saturated heterocycles. The van der Waals surface area contributed by atoms with Gasteiger partial charge in [-0.2, -0.15) is 0 Å². The Morgan fingerprint density at radius 1 is 1.30 bits per heavy atom. The molecule has 0 aliphatic heterocycles. The Hall–Kier alpha value is -0.120. The zero-order valence-electron chi connectivity index (χ0n) is 5.28. The largest absolute Gasteiger partial charge is 0.392 e. The first kappa shape index (κ1) is 7.98. The van der Waals surface area contributed by atoms with Crippen LogP contribution in [0.4, 0.5) is 0 Å². The number of thiol groups is 2. The van der Waals surface area contributed by atoms with Crippen molar-refractivity contribution in [2.24, 2.45) is 0 Å². The molecular formula is C7H8OS2. The Kier molecular flexibility index (Phi) is 2.65. The summed E-state index contributed by atoms with van der Waals surface area (Å²) in [6.45, 7) is 0.0346. The molecule has 0 atom stereocenters. The zero-order chi connectivity index (χ0) is 7.56. The second-order valence-electron chi connectivity index (χ2n) is 1.97. The van der Waals surface area contributed by atoms with E-state index in [0.29, 0.717) is 0 Å². The van der Waals surface area contributed by atoms with E-state index >= 15 is 0 Å². The SMILES string of the molecule is OCc1ccc(S)cc1S. The molecule has 1 aromatic rings. The van der Waals surface area contributed by atoms with Crippen LogP contribution < -0.4 is 0 Å². The normalized spacial score (nSPS) is 9.90. The Balaban J connectivity index is 3.07. The molecule has 0 unspecified atom stereocenters. The standard InChI is InChI=1S/C7H8OS2/c8-4-5-1-2-6(9)3-7(5)10/h1-3,8-10H,4H2. The van der Waals surface area contributed by atoms with E-state index in [1.165, 1.54) is 0 Å². The summed E-state index contributed by atoms with van der Waals surface area (Å²) in [5, 5.41) is 8.74. The molecule has 0 aliphatic rings. The van der Waals surface area contributed by atoms with Crippen LogP contribution >= 0.6 is 25.3 Å². The van der Waals surface area contributed by atoms with Gasteiger partial charge in [0.05, 0.1) is 6.61 Å². The maximum absolute atomic E-state index is 8.74. The third kappa shape index (κ3) is 1.68. The molecule has 1 nitrogen and oxygen atoms in total. The van der Waals surface area contributed by atoms with Gasteiger partial charge in [0.1, 0.15) is 0 Å². The van der Waals surface area contributed by atoms with Crippen LogP contribution in [0.15, 0.2) is 28.0 Å². The summed E-state index contributed by atoms with van der Waals surface area (Å²) >= 11 is 8.25. The molecule has 1 N–H and O–H groups in total.